The average molecular weight is 653 g/mol. The number of piperazine rings is 1. The van der Waals surface area contributed by atoms with Crippen molar-refractivity contribution in [3.8, 4) is 17.1 Å². The lowest BCUT2D eigenvalue weighted by atomic mass is 9.95. The summed E-state index contributed by atoms with van der Waals surface area (Å²) in [5.74, 6) is -0.938. The highest BCUT2D eigenvalue weighted by molar-refractivity contribution is 6.38. The van der Waals surface area contributed by atoms with Crippen LogP contribution in [0.2, 0.25) is 10.0 Å². The summed E-state index contributed by atoms with van der Waals surface area (Å²) in [6, 6.07) is 9.70. The minimum atomic E-state index is -0.673. The van der Waals surface area contributed by atoms with Gasteiger partial charge in [-0.3, -0.25) is 9.69 Å². The summed E-state index contributed by atoms with van der Waals surface area (Å²) in [6.07, 6.45) is 5.62. The van der Waals surface area contributed by atoms with Crippen molar-refractivity contribution >= 4 is 56.6 Å². The molecule has 1 amide bonds. The molecule has 3 saturated heterocycles. The number of rotatable bonds is 6. The summed E-state index contributed by atoms with van der Waals surface area (Å²) in [7, 11) is 0. The zero-order valence-corrected chi connectivity index (χ0v) is 26.5. The van der Waals surface area contributed by atoms with E-state index in [0.717, 1.165) is 38.8 Å². The molecule has 7 rings (SSSR count). The van der Waals surface area contributed by atoms with Crippen LogP contribution in [0.15, 0.2) is 49.1 Å². The molecule has 4 heterocycles. The summed E-state index contributed by atoms with van der Waals surface area (Å²) in [4.78, 5) is 28.1. The molecule has 1 atom stereocenters. The first-order valence-electron chi connectivity index (χ1n) is 15.3. The molecule has 0 bridgehead atoms. The van der Waals surface area contributed by atoms with Crippen LogP contribution in [-0.2, 0) is 4.79 Å². The zero-order chi connectivity index (χ0) is 31.5. The highest BCUT2D eigenvalue weighted by atomic mass is 35.5. The molecule has 0 spiro atoms. The normalized spacial score (nSPS) is 19.8. The Balaban J connectivity index is 1.37. The molecule has 1 aromatic heterocycles. The van der Waals surface area contributed by atoms with Gasteiger partial charge in [0.05, 0.1) is 15.6 Å². The third-order valence-electron chi connectivity index (χ3n) is 9.71. The molecule has 3 aliphatic rings. The first kappa shape index (κ1) is 30.1. The lowest BCUT2D eigenvalue weighted by molar-refractivity contribution is -0.126. The highest BCUT2D eigenvalue weighted by Crippen LogP contribution is 2.44. The Morgan fingerprint density at radius 3 is 2.62 bits per heavy atom. The van der Waals surface area contributed by atoms with Gasteiger partial charge < -0.3 is 14.5 Å². The zero-order valence-electron chi connectivity index (χ0n) is 25.0. The molecule has 45 heavy (non-hydrogen) atoms. The number of hydrogen-bond donors (Lipinski definition) is 0. The van der Waals surface area contributed by atoms with Crippen LogP contribution < -0.4 is 9.64 Å². The van der Waals surface area contributed by atoms with Crippen LogP contribution in [0.4, 0.5) is 14.6 Å². The molecule has 0 aliphatic carbocycles. The number of ether oxygens (including phenoxy) is 1. The average Bonchev–Trinajstić information content (AvgIpc) is 3.62. The smallest absolute Gasteiger partial charge is 0.319 e. The topological polar surface area (TPSA) is 61.8 Å². The number of hydrogen-bond acceptors (Lipinski definition) is 6. The Morgan fingerprint density at radius 2 is 1.89 bits per heavy atom. The number of fused-ring (bicyclic) bond motifs is 3. The number of anilines is 1. The molecule has 7 nitrogen and oxygen atoms in total. The van der Waals surface area contributed by atoms with Crippen molar-refractivity contribution in [2.45, 2.75) is 44.2 Å². The number of halogens is 4. The van der Waals surface area contributed by atoms with Gasteiger partial charge >= 0.3 is 6.01 Å². The van der Waals surface area contributed by atoms with Gasteiger partial charge in [-0.15, -0.1) is 0 Å². The van der Waals surface area contributed by atoms with Crippen LogP contribution in [0.3, 0.4) is 0 Å². The van der Waals surface area contributed by atoms with Crippen LogP contribution in [0.1, 0.15) is 32.6 Å². The van der Waals surface area contributed by atoms with Gasteiger partial charge in [0.15, 0.2) is 5.82 Å². The highest BCUT2D eigenvalue weighted by Gasteiger charge is 2.45. The molecule has 0 unspecified atom stereocenters. The summed E-state index contributed by atoms with van der Waals surface area (Å²) in [5.41, 5.74) is 0.419. The van der Waals surface area contributed by atoms with Crippen molar-refractivity contribution in [1.82, 2.24) is 19.8 Å². The van der Waals surface area contributed by atoms with Gasteiger partial charge in [0, 0.05) is 42.0 Å². The maximum absolute atomic E-state index is 16.9. The Labute approximate surface area is 270 Å². The van der Waals surface area contributed by atoms with E-state index in [4.69, 9.17) is 32.9 Å². The van der Waals surface area contributed by atoms with E-state index in [9.17, 15) is 9.18 Å². The second kappa shape index (κ2) is 11.7. The van der Waals surface area contributed by atoms with E-state index >= 15 is 4.39 Å². The number of benzene rings is 3. The minimum absolute atomic E-state index is 0.0444. The fraction of sp³-hybridized carbons (Fsp3) is 0.382. The summed E-state index contributed by atoms with van der Waals surface area (Å²) in [5, 5.41) is 1.44. The summed E-state index contributed by atoms with van der Waals surface area (Å²) < 4.78 is 37.9. The molecule has 4 aromatic rings. The van der Waals surface area contributed by atoms with Crippen LogP contribution in [0.25, 0.3) is 32.8 Å². The van der Waals surface area contributed by atoms with E-state index in [1.165, 1.54) is 12.1 Å². The Morgan fingerprint density at radius 1 is 1.11 bits per heavy atom. The first-order valence-corrected chi connectivity index (χ1v) is 16.1. The second-order valence-corrected chi connectivity index (χ2v) is 13.1. The van der Waals surface area contributed by atoms with Crippen LogP contribution >= 0.6 is 23.2 Å². The van der Waals surface area contributed by atoms with E-state index in [1.807, 2.05) is 11.8 Å². The largest absolute Gasteiger partial charge is 0.461 e. The molecule has 0 saturated carbocycles. The maximum atomic E-state index is 16.9. The fourth-order valence-corrected chi connectivity index (χ4v) is 8.04. The van der Waals surface area contributed by atoms with Crippen molar-refractivity contribution in [3.05, 3.63) is 70.7 Å². The van der Waals surface area contributed by atoms with Crippen LogP contribution in [0, 0.1) is 11.6 Å². The summed E-state index contributed by atoms with van der Waals surface area (Å²) in [6.45, 7) is 9.46. The van der Waals surface area contributed by atoms with Crippen molar-refractivity contribution in [2.75, 3.05) is 44.2 Å². The number of aromatic nitrogens is 2. The van der Waals surface area contributed by atoms with E-state index in [2.05, 4.69) is 16.5 Å². The third kappa shape index (κ3) is 5.09. The van der Waals surface area contributed by atoms with Crippen LogP contribution in [-0.4, -0.2) is 76.6 Å². The van der Waals surface area contributed by atoms with Crippen molar-refractivity contribution < 1.29 is 18.3 Å². The van der Waals surface area contributed by atoms with Gasteiger partial charge in [-0.25, -0.2) is 8.78 Å². The second-order valence-electron chi connectivity index (χ2n) is 12.3. The number of carbonyl (C=O) groups excluding carboxylic acids is 1. The van der Waals surface area contributed by atoms with Gasteiger partial charge in [-0.05, 0) is 74.9 Å². The minimum Gasteiger partial charge on any atom is -0.461 e. The van der Waals surface area contributed by atoms with E-state index in [1.54, 1.807) is 35.2 Å². The lowest BCUT2D eigenvalue weighted by Gasteiger charge is -2.40. The van der Waals surface area contributed by atoms with Gasteiger partial charge in [-0.2, -0.15) is 9.97 Å². The van der Waals surface area contributed by atoms with E-state index in [0.29, 0.717) is 53.8 Å². The SMILES string of the molecule is C=CC(=O)N1CCN(c2nc(OCC34CCCN3CCC4)nc3c(F)c(-c4cccc5ccc(F)c(Cl)c45)c(Cl)cc23)[C@@H](C)C1. The first-order chi connectivity index (χ1) is 21.7. The standard InChI is InChI=1S/C34H33Cl2F2N5O2/c1-3-26(44)41-15-16-43(20(2)18-41)32-23-17-24(35)28(22-8-4-7-21-9-10-25(37)29(36)27(21)22)30(38)31(23)39-33(40-32)45-19-34-11-5-13-42(34)14-6-12-34/h3-4,7-10,17,20H,1,5-6,11-16,18-19H2,2H3/t20-/m0/s1. The fourth-order valence-electron chi connectivity index (χ4n) is 7.47. The molecule has 0 N–H and O–H groups in total. The predicted molar refractivity (Wildman–Crippen MR) is 174 cm³/mol. The lowest BCUT2D eigenvalue weighted by Crippen LogP contribution is -2.53. The molecule has 3 aromatic carbocycles. The predicted octanol–water partition coefficient (Wildman–Crippen LogP) is 7.27. The summed E-state index contributed by atoms with van der Waals surface area (Å²) >= 11 is 13.3. The van der Waals surface area contributed by atoms with Crippen LogP contribution in [0.5, 0.6) is 6.01 Å². The van der Waals surface area contributed by atoms with Gasteiger partial charge in [0.2, 0.25) is 5.91 Å². The van der Waals surface area contributed by atoms with Gasteiger partial charge in [0.25, 0.3) is 0 Å². The number of carbonyl (C=O) groups is 1. The molecular weight excluding hydrogens is 619 g/mol. The van der Waals surface area contributed by atoms with Crippen molar-refractivity contribution in [3.63, 3.8) is 0 Å². The van der Waals surface area contributed by atoms with E-state index in [-0.39, 0.29) is 44.6 Å². The number of nitrogens with zero attached hydrogens (tertiary/aromatic N) is 5. The molecule has 0 radical (unpaired) electrons. The third-order valence-corrected chi connectivity index (χ3v) is 10.4. The van der Waals surface area contributed by atoms with E-state index < -0.39 is 11.6 Å². The molecular formula is C34H33Cl2F2N5O2. The quantitative estimate of drug-likeness (QED) is 0.205. The van der Waals surface area contributed by atoms with Gasteiger partial charge in [-0.1, -0.05) is 54.0 Å². The number of amides is 1. The van der Waals surface area contributed by atoms with Crippen molar-refractivity contribution in [2.24, 2.45) is 0 Å². The maximum Gasteiger partial charge on any atom is 0.319 e. The molecule has 3 fully saturated rings. The monoisotopic (exact) mass is 651 g/mol. The van der Waals surface area contributed by atoms with Gasteiger partial charge in [0.1, 0.15) is 23.8 Å². The Hall–Kier alpha value is -3.53. The molecule has 234 valence electrons. The Bertz CT molecular complexity index is 1840. The molecule has 3 aliphatic heterocycles. The Kier molecular flexibility index (Phi) is 7.82. The molecule has 11 heteroatoms. The van der Waals surface area contributed by atoms with Crippen molar-refractivity contribution in [1.29, 1.82) is 0 Å².